The summed E-state index contributed by atoms with van der Waals surface area (Å²) in [6, 6.07) is 2.44. The number of hydrogen-bond acceptors (Lipinski definition) is 5. The molecule has 0 saturated heterocycles. The zero-order valence-corrected chi connectivity index (χ0v) is 12.8. The number of rotatable bonds is 10. The Hall–Kier alpha value is -0.670. The molecule has 0 bridgehead atoms. The number of hydrogen-bond donors (Lipinski definition) is 1. The molecule has 0 aromatic rings. The van der Waals surface area contributed by atoms with Crippen molar-refractivity contribution in [3.05, 3.63) is 0 Å². The smallest absolute Gasteiger partial charge is 0.109 e. The van der Waals surface area contributed by atoms with Gasteiger partial charge in [0, 0.05) is 26.7 Å². The van der Waals surface area contributed by atoms with Crippen LogP contribution in [0, 0.1) is 11.3 Å². The Labute approximate surface area is 122 Å². The van der Waals surface area contributed by atoms with Gasteiger partial charge in [-0.05, 0) is 32.2 Å². The molecule has 0 aromatic carbocycles. The van der Waals surface area contributed by atoms with Crippen molar-refractivity contribution in [2.45, 2.75) is 50.7 Å². The van der Waals surface area contributed by atoms with Crippen molar-refractivity contribution in [3.8, 4) is 6.07 Å². The summed E-state index contributed by atoms with van der Waals surface area (Å²) in [5.74, 6) is 0. The zero-order valence-electron chi connectivity index (χ0n) is 12.8. The van der Waals surface area contributed by atoms with Crippen LogP contribution in [-0.2, 0) is 14.2 Å². The fourth-order valence-electron chi connectivity index (χ4n) is 2.69. The first kappa shape index (κ1) is 17.4. The van der Waals surface area contributed by atoms with Crippen LogP contribution < -0.4 is 5.32 Å². The van der Waals surface area contributed by atoms with E-state index in [2.05, 4.69) is 11.4 Å². The molecule has 1 rings (SSSR count). The highest BCUT2D eigenvalue weighted by Crippen LogP contribution is 2.29. The molecule has 0 amide bonds. The molecule has 0 aromatic heterocycles. The fraction of sp³-hybridized carbons (Fsp3) is 0.933. The topological polar surface area (TPSA) is 63.5 Å². The van der Waals surface area contributed by atoms with Crippen molar-refractivity contribution in [2.75, 3.05) is 40.1 Å². The van der Waals surface area contributed by atoms with E-state index in [1.165, 1.54) is 0 Å². The second-order valence-corrected chi connectivity index (χ2v) is 5.27. The first-order chi connectivity index (χ1) is 9.76. The lowest BCUT2D eigenvalue weighted by Crippen LogP contribution is -2.49. The Morgan fingerprint density at radius 2 is 2.15 bits per heavy atom. The fourth-order valence-corrected chi connectivity index (χ4v) is 2.69. The highest BCUT2D eigenvalue weighted by Gasteiger charge is 2.36. The van der Waals surface area contributed by atoms with E-state index in [1.807, 2.05) is 6.92 Å². The Kier molecular flexibility index (Phi) is 8.79. The predicted octanol–water partition coefficient (Wildman–Crippen LogP) is 1.87. The molecule has 116 valence electrons. The molecule has 0 aliphatic heterocycles. The maximum Gasteiger partial charge on any atom is 0.109 e. The van der Waals surface area contributed by atoms with Crippen LogP contribution in [0.1, 0.15) is 39.0 Å². The lowest BCUT2D eigenvalue weighted by Gasteiger charge is -2.36. The zero-order chi connectivity index (χ0) is 14.7. The average molecular weight is 284 g/mol. The van der Waals surface area contributed by atoms with Crippen molar-refractivity contribution >= 4 is 0 Å². The molecule has 1 saturated carbocycles. The minimum atomic E-state index is -0.392. The second kappa shape index (κ2) is 10.1. The predicted molar refractivity (Wildman–Crippen MR) is 77.5 cm³/mol. The van der Waals surface area contributed by atoms with Gasteiger partial charge in [0.2, 0.25) is 0 Å². The van der Waals surface area contributed by atoms with Gasteiger partial charge in [0.1, 0.15) is 5.54 Å². The van der Waals surface area contributed by atoms with Crippen LogP contribution in [-0.4, -0.2) is 51.7 Å². The van der Waals surface area contributed by atoms with Crippen LogP contribution in [0.3, 0.4) is 0 Å². The summed E-state index contributed by atoms with van der Waals surface area (Å²) in [6.07, 6.45) is 4.87. The minimum Gasteiger partial charge on any atom is -0.385 e. The van der Waals surface area contributed by atoms with Gasteiger partial charge in [-0.25, -0.2) is 0 Å². The van der Waals surface area contributed by atoms with Crippen molar-refractivity contribution in [1.82, 2.24) is 5.32 Å². The average Bonchev–Trinajstić information content (AvgIpc) is 2.47. The number of ether oxygens (including phenoxy) is 3. The molecule has 0 radical (unpaired) electrons. The quantitative estimate of drug-likeness (QED) is 0.620. The summed E-state index contributed by atoms with van der Waals surface area (Å²) in [4.78, 5) is 0. The molecule has 1 fully saturated rings. The van der Waals surface area contributed by atoms with Gasteiger partial charge in [0.15, 0.2) is 0 Å². The number of methoxy groups -OCH3 is 1. The first-order valence-corrected chi connectivity index (χ1v) is 7.61. The Bertz CT molecular complexity index is 289. The normalized spacial score (nSPS) is 26.4. The molecule has 1 N–H and O–H groups in total. The Balaban J connectivity index is 2.16. The molecular formula is C15H28N2O3. The molecule has 2 unspecified atom stereocenters. The van der Waals surface area contributed by atoms with Gasteiger partial charge in [-0.3, -0.25) is 5.32 Å². The van der Waals surface area contributed by atoms with Crippen molar-refractivity contribution in [2.24, 2.45) is 0 Å². The summed E-state index contributed by atoms with van der Waals surface area (Å²) < 4.78 is 16.3. The lowest BCUT2D eigenvalue weighted by molar-refractivity contribution is -0.0238. The highest BCUT2D eigenvalue weighted by atomic mass is 16.5. The molecule has 0 spiro atoms. The first-order valence-electron chi connectivity index (χ1n) is 7.61. The largest absolute Gasteiger partial charge is 0.385 e. The van der Waals surface area contributed by atoms with E-state index in [9.17, 15) is 5.26 Å². The molecule has 5 nitrogen and oxygen atoms in total. The minimum absolute atomic E-state index is 0.171. The van der Waals surface area contributed by atoms with Crippen molar-refractivity contribution < 1.29 is 14.2 Å². The number of nitrogens with zero attached hydrogens (tertiary/aromatic N) is 1. The van der Waals surface area contributed by atoms with Crippen LogP contribution in [0.4, 0.5) is 0 Å². The van der Waals surface area contributed by atoms with Crippen LogP contribution >= 0.6 is 0 Å². The lowest BCUT2D eigenvalue weighted by atomic mass is 9.81. The monoisotopic (exact) mass is 284 g/mol. The van der Waals surface area contributed by atoms with Gasteiger partial charge in [0.25, 0.3) is 0 Å². The summed E-state index contributed by atoms with van der Waals surface area (Å²) in [7, 11) is 1.69. The van der Waals surface area contributed by atoms with E-state index in [0.717, 1.165) is 45.3 Å². The van der Waals surface area contributed by atoms with Gasteiger partial charge in [-0.2, -0.15) is 5.26 Å². The summed E-state index contributed by atoms with van der Waals surface area (Å²) in [6.45, 7) is 5.52. The highest BCUT2D eigenvalue weighted by molar-refractivity contribution is 5.10. The van der Waals surface area contributed by atoms with E-state index in [-0.39, 0.29) is 6.10 Å². The van der Waals surface area contributed by atoms with Crippen LogP contribution in [0.15, 0.2) is 0 Å². The van der Waals surface area contributed by atoms with Crippen molar-refractivity contribution in [1.29, 1.82) is 5.26 Å². The van der Waals surface area contributed by atoms with Gasteiger partial charge in [-0.1, -0.05) is 6.92 Å². The third-order valence-electron chi connectivity index (χ3n) is 3.65. The van der Waals surface area contributed by atoms with Crippen molar-refractivity contribution in [3.63, 3.8) is 0 Å². The molecule has 0 heterocycles. The van der Waals surface area contributed by atoms with E-state index in [1.54, 1.807) is 7.11 Å². The summed E-state index contributed by atoms with van der Waals surface area (Å²) in [5.41, 5.74) is -0.392. The maximum absolute atomic E-state index is 9.38. The molecule has 1 aliphatic carbocycles. The van der Waals surface area contributed by atoms with Crippen LogP contribution in [0.25, 0.3) is 0 Å². The number of nitriles is 1. The molecule has 1 aliphatic rings. The molecule has 2 atom stereocenters. The molecule has 20 heavy (non-hydrogen) atoms. The number of nitrogens with one attached hydrogen (secondary N) is 1. The second-order valence-electron chi connectivity index (χ2n) is 5.27. The summed E-state index contributed by atoms with van der Waals surface area (Å²) >= 11 is 0. The van der Waals surface area contributed by atoms with E-state index in [0.29, 0.717) is 19.8 Å². The van der Waals surface area contributed by atoms with E-state index >= 15 is 0 Å². The SMILES string of the molecule is CCNC1(C#N)CCCC(OCCOCCCOC)C1. The Morgan fingerprint density at radius 1 is 1.30 bits per heavy atom. The van der Waals surface area contributed by atoms with Crippen LogP contribution in [0.2, 0.25) is 0 Å². The summed E-state index contributed by atoms with van der Waals surface area (Å²) in [5, 5.41) is 12.7. The molecule has 5 heteroatoms. The Morgan fingerprint density at radius 3 is 2.85 bits per heavy atom. The van der Waals surface area contributed by atoms with Crippen LogP contribution in [0.5, 0.6) is 0 Å². The van der Waals surface area contributed by atoms with Gasteiger partial charge in [-0.15, -0.1) is 0 Å². The third kappa shape index (κ3) is 6.19. The van der Waals surface area contributed by atoms with Gasteiger partial charge in [0.05, 0.1) is 25.4 Å². The van der Waals surface area contributed by atoms with Gasteiger partial charge < -0.3 is 14.2 Å². The maximum atomic E-state index is 9.38. The van der Waals surface area contributed by atoms with Gasteiger partial charge >= 0.3 is 0 Å². The molecular weight excluding hydrogens is 256 g/mol. The standard InChI is InChI=1S/C15H28N2O3/c1-3-17-15(13-16)7-4-6-14(12-15)20-11-10-19-9-5-8-18-2/h14,17H,3-12H2,1-2H3. The van der Waals surface area contributed by atoms with E-state index < -0.39 is 5.54 Å². The third-order valence-corrected chi connectivity index (χ3v) is 3.65. The van der Waals surface area contributed by atoms with E-state index in [4.69, 9.17) is 14.2 Å².